The highest BCUT2D eigenvalue weighted by atomic mass is 32.2. The molecule has 36 heteroatoms. The lowest BCUT2D eigenvalue weighted by molar-refractivity contribution is -0.433. The molecule has 0 radical (unpaired) electrons. The Morgan fingerprint density at radius 3 is 1.77 bits per heavy atom. The smallest absolute Gasteiger partial charge is 0.303 e. The Kier molecular flexibility index (Phi) is 43.1. The number of carbonyl (C=O) groups is 15. The Labute approximate surface area is 765 Å². The molecule has 131 heavy (non-hydrogen) atoms. The number of nitrogens with two attached hydrogens (primary N) is 1. The number of likely N-dealkylation sites (tertiary alicyclic amines) is 1. The number of unbranched alkanes of at least 4 members (excludes halogenated alkanes) is 2. The van der Waals surface area contributed by atoms with Gasteiger partial charge in [-0.1, -0.05) is 112 Å². The summed E-state index contributed by atoms with van der Waals surface area (Å²) in [5, 5.41) is 65.2. The summed E-state index contributed by atoms with van der Waals surface area (Å²) in [5.41, 5.74) is 13.8. The van der Waals surface area contributed by atoms with Gasteiger partial charge in [-0.15, -0.1) is 0 Å². The van der Waals surface area contributed by atoms with Crippen LogP contribution in [0.2, 0.25) is 0 Å². The number of nitrogens with zero attached hydrogens (tertiary/aromatic N) is 4. The van der Waals surface area contributed by atoms with E-state index >= 15 is 0 Å². The predicted molar refractivity (Wildman–Crippen MR) is 487 cm³/mol. The minimum absolute atomic E-state index is 0.00951. The van der Waals surface area contributed by atoms with Crippen LogP contribution in [0.5, 0.6) is 0 Å². The molecule has 0 unspecified atom stereocenters. The number of amides is 6. The third-order valence-corrected chi connectivity index (χ3v) is 24.3. The number of carboxylic acid groups (broad SMARTS) is 5. The van der Waals surface area contributed by atoms with Crippen LogP contribution in [0.15, 0.2) is 119 Å². The first-order valence-electron chi connectivity index (χ1n) is 44.8. The minimum Gasteiger partial charge on any atom is -0.481 e. The van der Waals surface area contributed by atoms with Gasteiger partial charge in [0, 0.05) is 130 Å². The maximum absolute atomic E-state index is 14.7. The van der Waals surface area contributed by atoms with Crippen molar-refractivity contribution in [2.24, 2.45) is 28.6 Å². The molecule has 3 aliphatic rings. The van der Waals surface area contributed by atoms with Gasteiger partial charge in [0.25, 0.3) is 10.1 Å². The maximum Gasteiger partial charge on any atom is 0.303 e. The van der Waals surface area contributed by atoms with E-state index in [9.17, 15) is 105 Å². The lowest BCUT2D eigenvalue weighted by atomic mass is 9.81. The number of hydrogen-bond donors (Lipinski definition) is 12. The average molecular weight is 1850 g/mol. The minimum atomic E-state index is -4.50. The topological polar surface area (TPSA) is 538 Å². The van der Waals surface area contributed by atoms with Crippen LogP contribution < -0.4 is 37.2 Å². The molecule has 0 bridgehead atoms. The van der Waals surface area contributed by atoms with Gasteiger partial charge >= 0.3 is 29.8 Å². The van der Waals surface area contributed by atoms with Crippen molar-refractivity contribution in [1.82, 2.24) is 31.5 Å². The number of aryl methyl sites for hydroxylation is 1. The Morgan fingerprint density at radius 1 is 0.611 bits per heavy atom. The number of nitrogens with one attached hydrogen (secondary N) is 5. The number of anilines is 1. The molecule has 6 rings (SSSR count). The molecular formula is C95H131N10O25S+. The number of hydrogen-bond acceptors (Lipinski definition) is 22. The van der Waals surface area contributed by atoms with Crippen LogP contribution in [0.1, 0.15) is 238 Å². The maximum atomic E-state index is 14.7. The fourth-order valence-corrected chi connectivity index (χ4v) is 16.8. The summed E-state index contributed by atoms with van der Waals surface area (Å²) in [6.45, 7) is 21.2. The summed E-state index contributed by atoms with van der Waals surface area (Å²) >= 11 is 0. The summed E-state index contributed by atoms with van der Waals surface area (Å²) in [6.07, 6.45) is 9.65. The molecule has 8 atom stereocenters. The zero-order chi connectivity index (χ0) is 97.0. The molecule has 716 valence electrons. The summed E-state index contributed by atoms with van der Waals surface area (Å²) in [4.78, 5) is 206. The van der Waals surface area contributed by atoms with Crippen molar-refractivity contribution < 1.29 is 125 Å². The summed E-state index contributed by atoms with van der Waals surface area (Å²) in [7, 11) is -4.50. The largest absolute Gasteiger partial charge is 0.481 e. The number of rotatable bonds is 60. The quantitative estimate of drug-likeness (QED) is 0.00625. The van der Waals surface area contributed by atoms with Crippen LogP contribution in [-0.2, 0) is 109 Å². The van der Waals surface area contributed by atoms with Crippen molar-refractivity contribution in [2.75, 3.05) is 50.9 Å². The molecule has 3 heterocycles. The van der Waals surface area contributed by atoms with Crippen LogP contribution in [0.4, 0.5) is 11.4 Å². The van der Waals surface area contributed by atoms with Gasteiger partial charge < -0.3 is 77.2 Å². The summed E-state index contributed by atoms with van der Waals surface area (Å²) in [6, 6.07) is 9.82. The van der Waals surface area contributed by atoms with Crippen LogP contribution in [-0.4, -0.2) is 230 Å². The molecule has 3 aromatic rings. The molecule has 0 spiro atoms. The van der Waals surface area contributed by atoms with E-state index in [1.807, 2.05) is 71.1 Å². The number of benzene rings is 3. The average Bonchev–Trinajstić information content (AvgIpc) is 1.59. The van der Waals surface area contributed by atoms with Crippen LogP contribution in [0.25, 0.3) is 0 Å². The molecule has 35 nitrogen and oxygen atoms in total. The van der Waals surface area contributed by atoms with Gasteiger partial charge in [0.2, 0.25) is 41.1 Å². The second-order valence-corrected chi connectivity index (χ2v) is 36.3. The molecule has 13 N–H and O–H groups in total. The van der Waals surface area contributed by atoms with Crippen molar-refractivity contribution in [2.45, 2.75) is 275 Å². The zero-order valence-corrected chi connectivity index (χ0v) is 77.5. The van der Waals surface area contributed by atoms with Gasteiger partial charge in [-0.2, -0.15) is 13.0 Å². The van der Waals surface area contributed by atoms with E-state index in [2.05, 4.69) is 93.2 Å². The number of allylic oxidation sites excluding steroid dienone is 8. The molecular weight excluding hydrogens is 1710 g/mol. The Balaban J connectivity index is 1.12. The number of Topliss-reactive ketones (excluding diaryl/α,β-unsaturated/α-hetero) is 4. The first-order valence-corrected chi connectivity index (χ1v) is 46.3. The fourth-order valence-electron chi connectivity index (χ4n) is 16.3. The molecule has 3 aromatic carbocycles. The van der Waals surface area contributed by atoms with E-state index < -0.39 is 224 Å². The van der Waals surface area contributed by atoms with Crippen molar-refractivity contribution in [3.05, 3.63) is 137 Å². The SMILES string of the molecule is CCCC(=O)[C@H](CC(C)C)NC(=O)[C@@H]1CCCN1C(=O)COCCCC(=O)[C@H](Cc1ccc(/C(C)=N/OCCNC(=O)CCCCCN2/C(=C/C=C/C=C/C=C/C3=[N+](CC)c4ccc(C)cc4C3(C)C)C(C)(C)c3cc(S(=O)(=O)O)ccc32)cc1)NC(=O)[C@@H](CCC(=O)O)CC(=O)[C@@H](CCC(=O)O)NC(=O)[C@@H](CCC(=O)O)CC(=O)[C@@H](CCC(=O)O)NC(=O)[C@H](N)CCC(=O)O. The summed E-state index contributed by atoms with van der Waals surface area (Å²) < 4.78 is 42.8. The van der Waals surface area contributed by atoms with Crippen LogP contribution in [0.3, 0.4) is 0 Å². The second-order valence-electron chi connectivity index (χ2n) is 34.9. The predicted octanol–water partition coefficient (Wildman–Crippen LogP) is 9.16. The Morgan fingerprint density at radius 2 is 1.18 bits per heavy atom. The first kappa shape index (κ1) is 108. The van der Waals surface area contributed by atoms with Crippen molar-refractivity contribution in [3.63, 3.8) is 0 Å². The highest BCUT2D eigenvalue weighted by Crippen LogP contribution is 2.49. The third kappa shape index (κ3) is 34.2. The van der Waals surface area contributed by atoms with E-state index in [1.54, 1.807) is 37.3 Å². The first-order chi connectivity index (χ1) is 61.9. The van der Waals surface area contributed by atoms with Crippen molar-refractivity contribution in [3.8, 4) is 0 Å². The van der Waals surface area contributed by atoms with E-state index in [-0.39, 0.29) is 86.3 Å². The van der Waals surface area contributed by atoms with Crippen molar-refractivity contribution in [1.29, 1.82) is 0 Å². The van der Waals surface area contributed by atoms with E-state index in [0.717, 1.165) is 23.5 Å². The number of oxime groups is 1. The highest BCUT2D eigenvalue weighted by Gasteiger charge is 2.45. The van der Waals surface area contributed by atoms with Gasteiger partial charge in [0.1, 0.15) is 25.8 Å². The molecule has 0 saturated carbocycles. The third-order valence-electron chi connectivity index (χ3n) is 23.5. The lowest BCUT2D eigenvalue weighted by Gasteiger charge is -2.27. The van der Waals surface area contributed by atoms with E-state index in [4.69, 9.17) is 20.4 Å². The molecule has 6 amide bonds. The Bertz CT molecular complexity index is 4910. The number of aliphatic carboxylic acids is 5. The standard InChI is InChI=1S/C95H130N10O25S/c1-11-23-77(106)72(52-59(3)4)101-93(125)76-24-21-49-105(76)84(111)58-129-50-22-25-78(107)73(100-91(123)65(35-43-86(114)115)56-79(108)70(38-45-88(118)119)98-90(122)64(34-42-85(112)113)55-80(109)71(39-46-89(120)121)99-92(124)69(96)37-44-87(116)117)54-62-30-32-63(33-31-62)61(6)102-130-51-47-97-83(110)28-19-16-20-48-104-75-41-36-66(131(126,127)128)57-68(75)95(9,10)82(104)27-18-15-13-14-17-26-81-94(7,8)67-53-60(5)29-40-74(67)103(81)12-2/h13-15,17-18,26-27,29-33,36,40-41,53,57,59,64-65,69-73,76H,11-12,16,19-25,28,34-35,37-39,42-52,54-56,58,96H2,1-10H3,(H10-,97,98,99,100,101,110,112,113,114,115,116,117,118,119,120,121,122,123,124,125,126,127,128)/p+1/b102-61+/t64-,65-,69+,70+,71+,72-,73-,76-/m0/s1. The summed E-state index contributed by atoms with van der Waals surface area (Å²) in [5.74, 6) is -17.3. The van der Waals surface area contributed by atoms with Gasteiger partial charge in [0.05, 0.1) is 52.8 Å². The number of fused-ring (bicyclic) bond motifs is 2. The van der Waals surface area contributed by atoms with E-state index in [1.165, 1.54) is 39.6 Å². The molecule has 1 saturated heterocycles. The zero-order valence-electron chi connectivity index (χ0n) is 76.6. The highest BCUT2D eigenvalue weighted by molar-refractivity contribution is 7.85. The lowest BCUT2D eigenvalue weighted by Crippen LogP contribution is -2.51. The molecule has 3 aliphatic heterocycles. The number of ketones is 4. The van der Waals surface area contributed by atoms with Gasteiger partial charge in [-0.05, 0) is 171 Å². The van der Waals surface area contributed by atoms with Gasteiger partial charge in [-0.3, -0.25) is 76.5 Å². The van der Waals surface area contributed by atoms with Crippen LogP contribution >= 0.6 is 0 Å². The van der Waals surface area contributed by atoms with Crippen LogP contribution in [0, 0.1) is 24.7 Å². The molecule has 0 aromatic heterocycles. The number of carbonyl (C=O) groups excluding carboxylic acids is 10. The monoisotopic (exact) mass is 1840 g/mol. The number of ether oxygens (including phenoxy) is 1. The van der Waals surface area contributed by atoms with Gasteiger partial charge in [0.15, 0.2) is 28.8 Å². The number of carboxylic acids is 5. The van der Waals surface area contributed by atoms with Gasteiger partial charge in [-0.25, -0.2) is 0 Å². The second kappa shape index (κ2) is 52.3. The van der Waals surface area contributed by atoms with E-state index in [0.29, 0.717) is 68.3 Å². The van der Waals surface area contributed by atoms with Crippen molar-refractivity contribution >= 4 is 121 Å². The fraction of sp³-hybridized carbons (Fsp3) is 0.547. The normalized spacial score (nSPS) is 16.6. The molecule has 1 fully saturated rings. The molecule has 0 aliphatic carbocycles. The Hall–Kier alpha value is -11.8.